The van der Waals surface area contributed by atoms with Gasteiger partial charge in [0.1, 0.15) is 0 Å². The van der Waals surface area contributed by atoms with Crippen LogP contribution < -0.4 is 11.5 Å². The fourth-order valence-electron chi connectivity index (χ4n) is 1.21. The van der Waals surface area contributed by atoms with Crippen molar-refractivity contribution >= 4 is 11.0 Å². The van der Waals surface area contributed by atoms with Crippen molar-refractivity contribution < 1.29 is 0 Å². The molecule has 0 radical (unpaired) electrons. The number of nitrogens with two attached hydrogens (primary N) is 1. The first-order chi connectivity index (χ1) is 5.72. The Kier molecular flexibility index (Phi) is 1.21. The Morgan fingerprint density at radius 2 is 2.25 bits per heavy atom. The van der Waals surface area contributed by atoms with Crippen LogP contribution >= 0.6 is 0 Å². The van der Waals surface area contributed by atoms with Crippen molar-refractivity contribution in [2.75, 3.05) is 5.84 Å². The van der Waals surface area contributed by atoms with E-state index in [4.69, 9.17) is 5.84 Å². The SMILES string of the molecule is Cn1c(=O)n(N)c2ccncc21. The Balaban J connectivity index is 3.09. The third-order valence-electron chi connectivity index (χ3n) is 1.89. The lowest BCUT2D eigenvalue weighted by Gasteiger charge is -1.90. The number of imidazole rings is 1. The van der Waals surface area contributed by atoms with E-state index < -0.39 is 0 Å². The zero-order valence-electron chi connectivity index (χ0n) is 6.56. The van der Waals surface area contributed by atoms with E-state index in [9.17, 15) is 4.79 Å². The number of fused-ring (bicyclic) bond motifs is 1. The predicted molar refractivity (Wildman–Crippen MR) is 45.1 cm³/mol. The summed E-state index contributed by atoms with van der Waals surface area (Å²) in [6.07, 6.45) is 3.21. The number of pyridine rings is 1. The van der Waals surface area contributed by atoms with Crippen LogP contribution in [-0.2, 0) is 7.05 Å². The highest BCUT2D eigenvalue weighted by Crippen LogP contribution is 2.06. The maximum Gasteiger partial charge on any atom is 0.347 e. The standard InChI is InChI=1S/C7H8N4O/c1-10-6-4-9-3-2-5(6)11(8)7(10)12/h2-4H,8H2,1H3. The second kappa shape index (κ2) is 2.10. The van der Waals surface area contributed by atoms with Crippen LogP contribution in [0.4, 0.5) is 0 Å². The Morgan fingerprint density at radius 1 is 1.50 bits per heavy atom. The molecule has 2 N–H and O–H groups in total. The van der Waals surface area contributed by atoms with Crippen LogP contribution in [-0.4, -0.2) is 14.2 Å². The van der Waals surface area contributed by atoms with E-state index in [1.54, 1.807) is 25.5 Å². The van der Waals surface area contributed by atoms with E-state index in [0.717, 1.165) is 10.2 Å². The van der Waals surface area contributed by atoms with Gasteiger partial charge in [0.05, 0.1) is 17.2 Å². The Morgan fingerprint density at radius 3 is 2.92 bits per heavy atom. The van der Waals surface area contributed by atoms with Crippen LogP contribution in [0.1, 0.15) is 0 Å². The molecule has 0 saturated heterocycles. The Hall–Kier alpha value is -1.78. The molecule has 2 heterocycles. The Bertz CT molecular complexity index is 440. The van der Waals surface area contributed by atoms with Crippen LogP contribution in [0.15, 0.2) is 23.3 Å². The molecule has 0 unspecified atom stereocenters. The summed E-state index contributed by atoms with van der Waals surface area (Å²) in [6.45, 7) is 0. The topological polar surface area (TPSA) is 65.8 Å². The second-order valence-corrected chi connectivity index (χ2v) is 2.58. The van der Waals surface area contributed by atoms with Gasteiger partial charge in [-0.1, -0.05) is 0 Å². The summed E-state index contributed by atoms with van der Waals surface area (Å²) in [7, 11) is 1.66. The van der Waals surface area contributed by atoms with Gasteiger partial charge in [-0.25, -0.2) is 9.47 Å². The molecule has 2 rings (SSSR count). The maximum atomic E-state index is 11.3. The molecule has 0 aliphatic rings. The number of hydrogen-bond acceptors (Lipinski definition) is 3. The summed E-state index contributed by atoms with van der Waals surface area (Å²) < 4.78 is 2.57. The molecule has 0 aliphatic carbocycles. The summed E-state index contributed by atoms with van der Waals surface area (Å²) in [4.78, 5) is 15.2. The van der Waals surface area contributed by atoms with Gasteiger partial charge in [-0.2, -0.15) is 0 Å². The molecule has 0 aromatic carbocycles. The number of rotatable bonds is 0. The fraction of sp³-hybridized carbons (Fsp3) is 0.143. The van der Waals surface area contributed by atoms with Crippen LogP contribution in [0, 0.1) is 0 Å². The van der Waals surface area contributed by atoms with Gasteiger partial charge in [0.15, 0.2) is 0 Å². The van der Waals surface area contributed by atoms with Gasteiger partial charge >= 0.3 is 5.69 Å². The van der Waals surface area contributed by atoms with Crippen LogP contribution in [0.25, 0.3) is 11.0 Å². The van der Waals surface area contributed by atoms with Crippen molar-refractivity contribution in [1.82, 2.24) is 14.2 Å². The molecule has 0 bridgehead atoms. The van der Waals surface area contributed by atoms with E-state index >= 15 is 0 Å². The number of aryl methyl sites for hydroxylation is 1. The molecule has 0 fully saturated rings. The molecule has 0 aliphatic heterocycles. The molecule has 2 aromatic rings. The normalized spacial score (nSPS) is 10.8. The van der Waals surface area contributed by atoms with Gasteiger partial charge in [0, 0.05) is 13.2 Å². The van der Waals surface area contributed by atoms with Gasteiger partial charge < -0.3 is 5.84 Å². The molecule has 2 aromatic heterocycles. The first kappa shape index (κ1) is 6.90. The number of aromatic nitrogens is 3. The van der Waals surface area contributed by atoms with Crippen LogP contribution in [0.3, 0.4) is 0 Å². The van der Waals surface area contributed by atoms with E-state index in [2.05, 4.69) is 4.98 Å². The minimum absolute atomic E-state index is 0.238. The summed E-state index contributed by atoms with van der Waals surface area (Å²) in [5, 5.41) is 0. The van der Waals surface area contributed by atoms with Crippen molar-refractivity contribution in [3.05, 3.63) is 28.9 Å². The minimum atomic E-state index is -0.238. The van der Waals surface area contributed by atoms with Crippen LogP contribution in [0.2, 0.25) is 0 Å². The highest BCUT2D eigenvalue weighted by atomic mass is 16.2. The van der Waals surface area contributed by atoms with Crippen molar-refractivity contribution in [1.29, 1.82) is 0 Å². The van der Waals surface area contributed by atoms with Gasteiger partial charge in [0.25, 0.3) is 0 Å². The van der Waals surface area contributed by atoms with E-state index in [0.29, 0.717) is 5.52 Å². The molecule has 0 atom stereocenters. The molecular weight excluding hydrogens is 156 g/mol. The van der Waals surface area contributed by atoms with E-state index in [1.807, 2.05) is 0 Å². The first-order valence-electron chi connectivity index (χ1n) is 3.48. The monoisotopic (exact) mass is 164 g/mol. The lowest BCUT2D eigenvalue weighted by Crippen LogP contribution is -2.27. The molecule has 0 amide bonds. The van der Waals surface area contributed by atoms with E-state index in [-0.39, 0.29) is 5.69 Å². The summed E-state index contributed by atoms with van der Waals surface area (Å²) in [6, 6.07) is 1.71. The predicted octanol–water partition coefficient (Wildman–Crippen LogP) is -0.551. The fourth-order valence-corrected chi connectivity index (χ4v) is 1.21. The lowest BCUT2D eigenvalue weighted by molar-refractivity contribution is 0.827. The largest absolute Gasteiger partial charge is 0.347 e. The molecule has 0 saturated carbocycles. The third kappa shape index (κ3) is 0.674. The number of nitrogen functional groups attached to an aromatic ring is 1. The lowest BCUT2D eigenvalue weighted by atomic mass is 10.4. The Labute approximate surface area is 68.0 Å². The van der Waals surface area contributed by atoms with Crippen molar-refractivity contribution in [2.24, 2.45) is 7.05 Å². The molecular formula is C7H8N4O. The van der Waals surface area contributed by atoms with Gasteiger partial charge in [-0.15, -0.1) is 0 Å². The summed E-state index contributed by atoms with van der Waals surface area (Å²) in [5.41, 5.74) is 1.19. The highest BCUT2D eigenvalue weighted by Gasteiger charge is 2.06. The zero-order chi connectivity index (χ0) is 8.72. The van der Waals surface area contributed by atoms with Crippen molar-refractivity contribution in [2.45, 2.75) is 0 Å². The minimum Gasteiger partial charge on any atom is -0.335 e. The number of nitrogens with zero attached hydrogens (tertiary/aromatic N) is 3. The molecule has 62 valence electrons. The third-order valence-corrected chi connectivity index (χ3v) is 1.89. The van der Waals surface area contributed by atoms with E-state index in [1.165, 1.54) is 4.57 Å². The van der Waals surface area contributed by atoms with Gasteiger partial charge in [0.2, 0.25) is 0 Å². The van der Waals surface area contributed by atoms with Gasteiger partial charge in [-0.05, 0) is 6.07 Å². The van der Waals surface area contributed by atoms with Crippen molar-refractivity contribution in [3.8, 4) is 0 Å². The molecule has 5 nitrogen and oxygen atoms in total. The highest BCUT2D eigenvalue weighted by molar-refractivity contribution is 5.74. The van der Waals surface area contributed by atoms with Crippen molar-refractivity contribution in [3.63, 3.8) is 0 Å². The average Bonchev–Trinajstić information content (AvgIpc) is 2.33. The second-order valence-electron chi connectivity index (χ2n) is 2.58. The maximum absolute atomic E-state index is 11.3. The summed E-state index contributed by atoms with van der Waals surface area (Å²) in [5.74, 6) is 5.49. The molecule has 0 spiro atoms. The zero-order valence-corrected chi connectivity index (χ0v) is 6.56. The molecule has 12 heavy (non-hydrogen) atoms. The average molecular weight is 164 g/mol. The van der Waals surface area contributed by atoms with Gasteiger partial charge in [-0.3, -0.25) is 9.55 Å². The number of hydrogen-bond donors (Lipinski definition) is 1. The molecule has 5 heteroatoms. The van der Waals surface area contributed by atoms with Crippen LogP contribution in [0.5, 0.6) is 0 Å². The quantitative estimate of drug-likeness (QED) is 0.531. The summed E-state index contributed by atoms with van der Waals surface area (Å²) >= 11 is 0. The smallest absolute Gasteiger partial charge is 0.335 e. The first-order valence-corrected chi connectivity index (χ1v) is 3.48.